The molecule has 2 aromatic rings. The van der Waals surface area contributed by atoms with E-state index >= 15 is 0 Å². The SMILES string of the molecule is CCNc1nc(-c2cnn(C)c2C)nc(C)c1C(C)C. The van der Waals surface area contributed by atoms with Gasteiger partial charge in [0.05, 0.1) is 11.8 Å². The number of anilines is 1. The molecule has 0 saturated carbocycles. The number of aromatic nitrogens is 4. The minimum absolute atomic E-state index is 0.396. The molecule has 0 aromatic carbocycles. The van der Waals surface area contributed by atoms with Gasteiger partial charge in [0.15, 0.2) is 5.82 Å². The molecule has 0 fully saturated rings. The number of aryl methyl sites for hydroxylation is 2. The van der Waals surface area contributed by atoms with Crippen molar-refractivity contribution in [2.75, 3.05) is 11.9 Å². The van der Waals surface area contributed by atoms with Gasteiger partial charge in [0.2, 0.25) is 0 Å². The third kappa shape index (κ3) is 2.53. The molecule has 0 aliphatic heterocycles. The zero-order chi connectivity index (χ0) is 14.9. The molecule has 0 bridgehead atoms. The van der Waals surface area contributed by atoms with E-state index in [0.717, 1.165) is 35.1 Å². The summed E-state index contributed by atoms with van der Waals surface area (Å²) in [4.78, 5) is 9.39. The third-order valence-electron chi connectivity index (χ3n) is 3.53. The summed E-state index contributed by atoms with van der Waals surface area (Å²) in [6.45, 7) is 11.3. The van der Waals surface area contributed by atoms with E-state index in [0.29, 0.717) is 5.92 Å². The topological polar surface area (TPSA) is 55.6 Å². The van der Waals surface area contributed by atoms with Crippen molar-refractivity contribution in [1.29, 1.82) is 0 Å². The highest BCUT2D eigenvalue weighted by Crippen LogP contribution is 2.28. The van der Waals surface area contributed by atoms with Gasteiger partial charge in [-0.25, -0.2) is 9.97 Å². The van der Waals surface area contributed by atoms with Crippen LogP contribution in [0.1, 0.15) is 43.6 Å². The van der Waals surface area contributed by atoms with Crippen LogP contribution in [0.4, 0.5) is 5.82 Å². The largest absolute Gasteiger partial charge is 0.370 e. The third-order valence-corrected chi connectivity index (χ3v) is 3.53. The molecule has 20 heavy (non-hydrogen) atoms. The second-order valence-corrected chi connectivity index (χ2v) is 5.35. The molecule has 0 aliphatic carbocycles. The normalized spacial score (nSPS) is 11.2. The Balaban J connectivity index is 2.59. The molecule has 0 amide bonds. The van der Waals surface area contributed by atoms with Crippen LogP contribution < -0.4 is 5.32 Å². The quantitative estimate of drug-likeness (QED) is 0.930. The van der Waals surface area contributed by atoms with Gasteiger partial charge in [-0.1, -0.05) is 13.8 Å². The number of rotatable bonds is 4. The molecule has 2 aromatic heterocycles. The van der Waals surface area contributed by atoms with Crippen molar-refractivity contribution in [2.45, 2.75) is 40.5 Å². The van der Waals surface area contributed by atoms with Crippen LogP contribution >= 0.6 is 0 Å². The Morgan fingerprint density at radius 2 is 1.95 bits per heavy atom. The summed E-state index contributed by atoms with van der Waals surface area (Å²) in [6.07, 6.45) is 1.83. The summed E-state index contributed by atoms with van der Waals surface area (Å²) in [5.74, 6) is 2.08. The summed E-state index contributed by atoms with van der Waals surface area (Å²) in [5, 5.41) is 7.63. The van der Waals surface area contributed by atoms with Crippen LogP contribution in [0.25, 0.3) is 11.4 Å². The lowest BCUT2D eigenvalue weighted by atomic mass is 10.0. The maximum Gasteiger partial charge on any atom is 0.165 e. The summed E-state index contributed by atoms with van der Waals surface area (Å²) in [5.41, 5.74) is 4.29. The molecule has 2 rings (SSSR count). The Morgan fingerprint density at radius 1 is 1.25 bits per heavy atom. The standard InChI is InChI=1S/C15H23N5/c1-7-16-15-13(9(2)3)10(4)18-14(19-15)12-8-17-20(6)11(12)5/h8-9H,7H2,1-6H3,(H,16,18,19). The molecule has 0 spiro atoms. The lowest BCUT2D eigenvalue weighted by Gasteiger charge is -2.16. The molecule has 0 saturated heterocycles. The van der Waals surface area contributed by atoms with E-state index < -0.39 is 0 Å². The Labute approximate surface area is 120 Å². The van der Waals surface area contributed by atoms with Gasteiger partial charge in [0.25, 0.3) is 0 Å². The van der Waals surface area contributed by atoms with Crippen molar-refractivity contribution in [3.05, 3.63) is 23.1 Å². The average molecular weight is 273 g/mol. The number of hydrogen-bond acceptors (Lipinski definition) is 4. The van der Waals surface area contributed by atoms with E-state index in [2.05, 4.69) is 36.2 Å². The minimum Gasteiger partial charge on any atom is -0.370 e. The van der Waals surface area contributed by atoms with Gasteiger partial charge in [0.1, 0.15) is 5.82 Å². The van der Waals surface area contributed by atoms with E-state index in [1.807, 2.05) is 31.8 Å². The molecule has 0 atom stereocenters. The molecule has 0 radical (unpaired) electrons. The number of nitrogens with one attached hydrogen (secondary N) is 1. The Morgan fingerprint density at radius 3 is 2.45 bits per heavy atom. The van der Waals surface area contributed by atoms with Crippen molar-refractivity contribution >= 4 is 5.82 Å². The minimum atomic E-state index is 0.396. The predicted octanol–water partition coefficient (Wildman–Crippen LogP) is 3.05. The Bertz CT molecular complexity index is 613. The van der Waals surface area contributed by atoms with Gasteiger partial charge in [-0.05, 0) is 26.7 Å². The van der Waals surface area contributed by atoms with Gasteiger partial charge in [-0.15, -0.1) is 0 Å². The van der Waals surface area contributed by atoms with Crippen LogP contribution in [0.15, 0.2) is 6.20 Å². The predicted molar refractivity (Wildman–Crippen MR) is 82.0 cm³/mol. The second-order valence-electron chi connectivity index (χ2n) is 5.35. The van der Waals surface area contributed by atoms with Gasteiger partial charge in [-0.2, -0.15) is 5.10 Å². The summed E-state index contributed by atoms with van der Waals surface area (Å²) < 4.78 is 1.84. The lowest BCUT2D eigenvalue weighted by Crippen LogP contribution is -2.09. The van der Waals surface area contributed by atoms with Crippen molar-refractivity contribution in [1.82, 2.24) is 19.7 Å². The Hall–Kier alpha value is -1.91. The highest BCUT2D eigenvalue weighted by Gasteiger charge is 2.17. The van der Waals surface area contributed by atoms with Crippen LogP contribution in [0.2, 0.25) is 0 Å². The first-order chi connectivity index (χ1) is 9.45. The van der Waals surface area contributed by atoms with E-state index in [9.17, 15) is 0 Å². The summed E-state index contributed by atoms with van der Waals surface area (Å²) >= 11 is 0. The fourth-order valence-corrected chi connectivity index (χ4v) is 2.41. The van der Waals surface area contributed by atoms with Crippen molar-refractivity contribution in [2.24, 2.45) is 7.05 Å². The van der Waals surface area contributed by atoms with Crippen molar-refractivity contribution < 1.29 is 0 Å². The maximum absolute atomic E-state index is 4.71. The van der Waals surface area contributed by atoms with E-state index in [1.165, 1.54) is 5.56 Å². The Kier molecular flexibility index (Phi) is 4.06. The van der Waals surface area contributed by atoms with Crippen LogP contribution in [0, 0.1) is 13.8 Å². The zero-order valence-corrected chi connectivity index (χ0v) is 13.2. The zero-order valence-electron chi connectivity index (χ0n) is 13.2. The first-order valence-corrected chi connectivity index (χ1v) is 7.07. The van der Waals surface area contributed by atoms with Gasteiger partial charge in [-0.3, -0.25) is 4.68 Å². The average Bonchev–Trinajstić information content (AvgIpc) is 2.69. The molecule has 108 valence electrons. The maximum atomic E-state index is 4.71. The van der Waals surface area contributed by atoms with Crippen LogP contribution in [-0.4, -0.2) is 26.3 Å². The highest BCUT2D eigenvalue weighted by atomic mass is 15.3. The number of hydrogen-bond donors (Lipinski definition) is 1. The second kappa shape index (κ2) is 5.61. The van der Waals surface area contributed by atoms with Crippen LogP contribution in [0.3, 0.4) is 0 Å². The summed E-state index contributed by atoms with van der Waals surface area (Å²) in [7, 11) is 1.93. The van der Waals surface area contributed by atoms with Gasteiger partial charge < -0.3 is 5.32 Å². The van der Waals surface area contributed by atoms with Gasteiger partial charge >= 0.3 is 0 Å². The molecule has 5 nitrogen and oxygen atoms in total. The lowest BCUT2D eigenvalue weighted by molar-refractivity contribution is 0.740. The van der Waals surface area contributed by atoms with Crippen LogP contribution in [-0.2, 0) is 7.05 Å². The van der Waals surface area contributed by atoms with Crippen LogP contribution in [0.5, 0.6) is 0 Å². The first-order valence-electron chi connectivity index (χ1n) is 7.07. The fraction of sp³-hybridized carbons (Fsp3) is 0.533. The van der Waals surface area contributed by atoms with Gasteiger partial charge in [0, 0.05) is 30.5 Å². The molecular weight excluding hydrogens is 250 g/mol. The summed E-state index contributed by atoms with van der Waals surface area (Å²) in [6, 6.07) is 0. The fourth-order valence-electron chi connectivity index (χ4n) is 2.41. The molecular formula is C15H23N5. The number of nitrogens with zero attached hydrogens (tertiary/aromatic N) is 4. The molecule has 2 heterocycles. The molecule has 1 N–H and O–H groups in total. The molecule has 0 unspecified atom stereocenters. The highest BCUT2D eigenvalue weighted by molar-refractivity contribution is 5.61. The molecule has 0 aliphatic rings. The van der Waals surface area contributed by atoms with E-state index in [-0.39, 0.29) is 0 Å². The smallest absolute Gasteiger partial charge is 0.165 e. The van der Waals surface area contributed by atoms with Crippen molar-refractivity contribution in [3.8, 4) is 11.4 Å². The first kappa shape index (κ1) is 14.5. The monoisotopic (exact) mass is 273 g/mol. The molecule has 5 heteroatoms. The van der Waals surface area contributed by atoms with Crippen molar-refractivity contribution in [3.63, 3.8) is 0 Å². The van der Waals surface area contributed by atoms with E-state index in [1.54, 1.807) is 0 Å². The van der Waals surface area contributed by atoms with E-state index in [4.69, 9.17) is 4.98 Å².